The van der Waals surface area contributed by atoms with Crippen LogP contribution in [0.4, 0.5) is 0 Å². The minimum atomic E-state index is 0.906. The van der Waals surface area contributed by atoms with Crippen LogP contribution < -0.4 is 0 Å². The maximum Gasteiger partial charge on any atom is 0.165 e. The van der Waals surface area contributed by atoms with Crippen LogP contribution in [-0.2, 0) is 0 Å². The highest BCUT2D eigenvalue weighted by atomic mass is 15.2. The normalized spacial score (nSPS) is 11.6. The Labute approximate surface area is 352 Å². The van der Waals surface area contributed by atoms with E-state index in [4.69, 9.17) is 9.97 Å². The molecule has 0 fully saturated rings. The third-order valence-corrected chi connectivity index (χ3v) is 11.8. The maximum absolute atomic E-state index is 5.54. The van der Waals surface area contributed by atoms with Crippen molar-refractivity contribution in [1.82, 2.24) is 23.7 Å². The van der Waals surface area contributed by atoms with E-state index in [1.54, 1.807) is 0 Å². The highest BCUT2D eigenvalue weighted by molar-refractivity contribution is 6.25. The molecule has 61 heavy (non-hydrogen) atoms. The summed E-state index contributed by atoms with van der Waals surface area (Å²) in [5, 5.41) is 3.49. The van der Waals surface area contributed by atoms with Crippen molar-refractivity contribution >= 4 is 43.9 Å². The Morgan fingerprint density at radius 3 is 1.52 bits per heavy atom. The van der Waals surface area contributed by atoms with Crippen molar-refractivity contribution in [2.45, 2.75) is 0 Å². The predicted molar refractivity (Wildman–Crippen MR) is 252 cm³/mol. The molecule has 0 radical (unpaired) electrons. The van der Waals surface area contributed by atoms with Gasteiger partial charge in [0.25, 0.3) is 0 Å². The van der Waals surface area contributed by atoms with Crippen LogP contribution in [-0.4, -0.2) is 23.7 Å². The van der Waals surface area contributed by atoms with Gasteiger partial charge in [0.2, 0.25) is 0 Å². The van der Waals surface area contributed by atoms with Crippen LogP contribution in [0.2, 0.25) is 0 Å². The number of aromatic nitrogens is 5. The summed E-state index contributed by atoms with van der Waals surface area (Å²) in [5.74, 6) is 0.906. The van der Waals surface area contributed by atoms with Gasteiger partial charge in [-0.25, -0.2) is 9.97 Å². The summed E-state index contributed by atoms with van der Waals surface area (Å²) in [6.07, 6.45) is 0. The SMILES string of the molecule is c1ccc(-c2cc(-c3ccccc3)nc(-c3cccc(-n4c5ccccc5c5c4ccc4c6c(nc(-c7ccccc7)n6-c6ccccc6)n(-c6ccccc6)c45)c3)c2)cc1. The number of rotatable bonds is 7. The number of fused-ring (bicyclic) bond motifs is 7. The molecule has 0 saturated heterocycles. The molecule has 12 aromatic rings. The Morgan fingerprint density at radius 2 is 0.836 bits per heavy atom. The lowest BCUT2D eigenvalue weighted by Gasteiger charge is -2.13. The van der Waals surface area contributed by atoms with E-state index in [1.165, 1.54) is 10.8 Å². The van der Waals surface area contributed by atoms with Gasteiger partial charge in [0, 0.05) is 49.9 Å². The Kier molecular flexibility index (Phi) is 8.10. The summed E-state index contributed by atoms with van der Waals surface area (Å²) < 4.78 is 7.12. The fourth-order valence-electron chi connectivity index (χ4n) is 9.13. The number of para-hydroxylation sites is 3. The largest absolute Gasteiger partial charge is 0.309 e. The number of nitrogens with zero attached hydrogens (tertiary/aromatic N) is 5. The average molecular weight is 780 g/mol. The quantitative estimate of drug-likeness (QED) is 0.162. The Bertz CT molecular complexity index is 3490. The van der Waals surface area contributed by atoms with E-state index in [1.807, 2.05) is 6.07 Å². The molecule has 0 atom stereocenters. The first kappa shape index (κ1) is 34.7. The van der Waals surface area contributed by atoms with E-state index < -0.39 is 0 Å². The zero-order chi connectivity index (χ0) is 40.3. The van der Waals surface area contributed by atoms with Gasteiger partial charge in [-0.2, -0.15) is 0 Å². The summed E-state index contributed by atoms with van der Waals surface area (Å²) in [6, 6.07) is 79.4. The van der Waals surface area contributed by atoms with Crippen LogP contribution in [0.3, 0.4) is 0 Å². The summed E-state index contributed by atoms with van der Waals surface area (Å²) in [6.45, 7) is 0. The molecule has 0 unspecified atom stereocenters. The third kappa shape index (κ3) is 5.70. The van der Waals surface area contributed by atoms with E-state index >= 15 is 0 Å². The third-order valence-electron chi connectivity index (χ3n) is 11.8. The zero-order valence-electron chi connectivity index (χ0n) is 33.1. The fraction of sp³-hybridized carbons (Fsp3) is 0. The van der Waals surface area contributed by atoms with Crippen molar-refractivity contribution in [3.8, 4) is 62.1 Å². The van der Waals surface area contributed by atoms with Gasteiger partial charge >= 0.3 is 0 Å². The number of benzene rings is 8. The molecule has 4 aromatic heterocycles. The van der Waals surface area contributed by atoms with Crippen molar-refractivity contribution in [1.29, 1.82) is 0 Å². The molecule has 0 bridgehead atoms. The maximum atomic E-state index is 5.54. The smallest absolute Gasteiger partial charge is 0.165 e. The minimum Gasteiger partial charge on any atom is -0.309 e. The van der Waals surface area contributed by atoms with Gasteiger partial charge in [0.15, 0.2) is 5.65 Å². The van der Waals surface area contributed by atoms with Crippen LogP contribution >= 0.6 is 0 Å². The van der Waals surface area contributed by atoms with Crippen LogP contribution in [0, 0.1) is 0 Å². The molecule has 5 heteroatoms. The van der Waals surface area contributed by atoms with Gasteiger partial charge < -0.3 is 4.57 Å². The number of hydrogen-bond acceptors (Lipinski definition) is 2. The average Bonchev–Trinajstić information content (AvgIpc) is 4.00. The predicted octanol–water partition coefficient (Wildman–Crippen LogP) is 14.1. The molecule has 0 amide bonds. The second kappa shape index (κ2) is 14.2. The summed E-state index contributed by atoms with van der Waals surface area (Å²) in [5.41, 5.74) is 15.9. The second-order valence-corrected chi connectivity index (χ2v) is 15.4. The topological polar surface area (TPSA) is 40.6 Å². The van der Waals surface area contributed by atoms with Crippen molar-refractivity contribution in [3.05, 3.63) is 224 Å². The molecule has 12 rings (SSSR count). The van der Waals surface area contributed by atoms with E-state index in [0.29, 0.717) is 0 Å². The van der Waals surface area contributed by atoms with Crippen molar-refractivity contribution in [2.75, 3.05) is 0 Å². The van der Waals surface area contributed by atoms with Gasteiger partial charge in [0.05, 0.1) is 27.9 Å². The highest BCUT2D eigenvalue weighted by Gasteiger charge is 2.26. The van der Waals surface area contributed by atoms with Crippen LogP contribution in [0.25, 0.3) is 106 Å². The first-order chi connectivity index (χ1) is 30.3. The Balaban J connectivity index is 1.13. The van der Waals surface area contributed by atoms with Crippen LogP contribution in [0.5, 0.6) is 0 Å². The molecule has 5 nitrogen and oxygen atoms in total. The van der Waals surface area contributed by atoms with Crippen molar-refractivity contribution in [2.24, 2.45) is 0 Å². The number of imidazole rings is 1. The zero-order valence-corrected chi connectivity index (χ0v) is 33.1. The molecule has 0 aliphatic carbocycles. The van der Waals surface area contributed by atoms with Gasteiger partial charge in [-0.3, -0.25) is 9.13 Å². The van der Waals surface area contributed by atoms with E-state index in [-0.39, 0.29) is 0 Å². The molecule has 0 saturated carbocycles. The number of hydrogen-bond donors (Lipinski definition) is 0. The summed E-state index contributed by atoms with van der Waals surface area (Å²) in [4.78, 5) is 10.8. The summed E-state index contributed by atoms with van der Waals surface area (Å²) in [7, 11) is 0. The Hall–Kier alpha value is -8.28. The van der Waals surface area contributed by atoms with Crippen molar-refractivity contribution in [3.63, 3.8) is 0 Å². The Morgan fingerprint density at radius 1 is 0.295 bits per heavy atom. The standard InChI is InChI=1S/C56H37N5/c1-6-19-38(20-7-1)42-36-48(39-21-8-2-9-22-39)57-49(37-42)41-25-18-30-45(35-41)59-50-32-17-16-31-46(50)52-51(59)34-33-47-53(52)60(43-26-12-4-13-27-43)56-54(47)61(44-28-14-5-15-29-44)55(58-56)40-23-10-3-11-24-40/h1-37H. The molecular weight excluding hydrogens is 743 g/mol. The highest BCUT2D eigenvalue weighted by Crippen LogP contribution is 2.44. The van der Waals surface area contributed by atoms with E-state index in [9.17, 15) is 0 Å². The molecule has 0 aliphatic heterocycles. The lowest BCUT2D eigenvalue weighted by Crippen LogP contribution is -1.98. The first-order valence-corrected chi connectivity index (χ1v) is 20.7. The molecule has 8 aromatic carbocycles. The molecule has 4 heterocycles. The van der Waals surface area contributed by atoms with Gasteiger partial charge in [-0.1, -0.05) is 158 Å². The van der Waals surface area contributed by atoms with Crippen LogP contribution in [0.15, 0.2) is 224 Å². The molecule has 0 aliphatic rings. The van der Waals surface area contributed by atoms with Gasteiger partial charge in [-0.15, -0.1) is 0 Å². The molecule has 0 N–H and O–H groups in total. The lowest BCUT2D eigenvalue weighted by molar-refractivity contribution is 1.10. The van der Waals surface area contributed by atoms with Crippen LogP contribution in [0.1, 0.15) is 0 Å². The van der Waals surface area contributed by atoms with E-state index in [0.717, 1.165) is 95.2 Å². The fourth-order valence-corrected chi connectivity index (χ4v) is 9.13. The van der Waals surface area contributed by atoms with Crippen molar-refractivity contribution < 1.29 is 0 Å². The van der Waals surface area contributed by atoms with E-state index in [2.05, 4.69) is 232 Å². The lowest BCUT2D eigenvalue weighted by atomic mass is 10.00. The minimum absolute atomic E-state index is 0.906. The van der Waals surface area contributed by atoms with Gasteiger partial charge in [-0.05, 0) is 77.9 Å². The molecular formula is C56H37N5. The second-order valence-electron chi connectivity index (χ2n) is 15.4. The van der Waals surface area contributed by atoms with Gasteiger partial charge in [0.1, 0.15) is 11.3 Å². The number of pyridine rings is 1. The monoisotopic (exact) mass is 779 g/mol. The summed E-state index contributed by atoms with van der Waals surface area (Å²) >= 11 is 0. The molecule has 0 spiro atoms. The molecule has 286 valence electrons. The first-order valence-electron chi connectivity index (χ1n) is 20.7.